The second-order valence-electron chi connectivity index (χ2n) is 5.08. The van der Waals surface area contributed by atoms with E-state index in [4.69, 9.17) is 16.3 Å². The lowest BCUT2D eigenvalue weighted by Gasteiger charge is -2.26. The normalized spacial score (nSPS) is 21.3. The first-order chi connectivity index (χ1) is 9.58. The van der Waals surface area contributed by atoms with Gasteiger partial charge in [-0.15, -0.1) is 11.6 Å². The maximum Gasteiger partial charge on any atom is 0.139 e. The van der Waals surface area contributed by atoms with E-state index < -0.39 is 0 Å². The highest BCUT2D eigenvalue weighted by Gasteiger charge is 2.24. The Balaban J connectivity index is 2.20. The van der Waals surface area contributed by atoms with Gasteiger partial charge in [-0.3, -0.25) is 0 Å². The molecule has 6 heteroatoms. The lowest BCUT2D eigenvalue weighted by molar-refractivity contribution is 0.0595. The van der Waals surface area contributed by atoms with Crippen molar-refractivity contribution < 1.29 is 9.13 Å². The Morgan fingerprint density at radius 1 is 1.55 bits per heavy atom. The Kier molecular flexibility index (Phi) is 4.02. The van der Waals surface area contributed by atoms with Crippen LogP contribution in [0.5, 0.6) is 0 Å². The van der Waals surface area contributed by atoms with Gasteiger partial charge < -0.3 is 9.30 Å². The van der Waals surface area contributed by atoms with Gasteiger partial charge in [0.15, 0.2) is 0 Å². The van der Waals surface area contributed by atoms with Crippen LogP contribution in [0.15, 0.2) is 16.6 Å². The Hall–Kier alpha value is -0.650. The Morgan fingerprint density at radius 3 is 3.00 bits per heavy atom. The second kappa shape index (κ2) is 5.62. The number of hydrogen-bond acceptors (Lipinski definition) is 2. The van der Waals surface area contributed by atoms with Gasteiger partial charge in [0.2, 0.25) is 0 Å². The van der Waals surface area contributed by atoms with Crippen molar-refractivity contribution in [3.8, 4) is 0 Å². The largest absolute Gasteiger partial charge is 0.379 e. The minimum Gasteiger partial charge on any atom is -0.379 e. The quantitative estimate of drug-likeness (QED) is 0.732. The smallest absolute Gasteiger partial charge is 0.139 e. The molecule has 1 aliphatic heterocycles. The van der Waals surface area contributed by atoms with Crippen LogP contribution in [-0.2, 0) is 4.74 Å². The molecule has 2 heterocycles. The zero-order chi connectivity index (χ0) is 14.3. The van der Waals surface area contributed by atoms with Gasteiger partial charge >= 0.3 is 0 Å². The monoisotopic (exact) mass is 360 g/mol. The van der Waals surface area contributed by atoms with Gasteiger partial charge in [0.1, 0.15) is 11.6 Å². The molecule has 20 heavy (non-hydrogen) atoms. The van der Waals surface area contributed by atoms with Crippen LogP contribution in [0, 0.1) is 5.82 Å². The van der Waals surface area contributed by atoms with Gasteiger partial charge in [-0.2, -0.15) is 0 Å². The minimum absolute atomic E-state index is 0.172. The van der Waals surface area contributed by atoms with Crippen molar-refractivity contribution in [1.29, 1.82) is 0 Å². The Labute approximate surface area is 130 Å². The zero-order valence-corrected chi connectivity index (χ0v) is 13.4. The SMILES string of the molecule is CC(Cl)c1nc2cc(Br)c(F)cc2n1C1CCCOC1. The minimum atomic E-state index is -0.288. The van der Waals surface area contributed by atoms with Gasteiger partial charge in [-0.1, -0.05) is 0 Å². The number of nitrogens with zero attached hydrogens (tertiary/aromatic N) is 2. The summed E-state index contributed by atoms with van der Waals surface area (Å²) in [7, 11) is 0. The molecule has 108 valence electrons. The maximum atomic E-state index is 13.9. The van der Waals surface area contributed by atoms with Crippen LogP contribution >= 0.6 is 27.5 Å². The van der Waals surface area contributed by atoms with E-state index in [1.165, 1.54) is 6.07 Å². The first-order valence-corrected chi connectivity index (χ1v) is 7.89. The van der Waals surface area contributed by atoms with Crippen LogP contribution in [0.1, 0.15) is 37.0 Å². The summed E-state index contributed by atoms with van der Waals surface area (Å²) >= 11 is 9.45. The van der Waals surface area contributed by atoms with Crippen LogP contribution in [0.3, 0.4) is 0 Å². The summed E-state index contributed by atoms with van der Waals surface area (Å²) in [6.07, 6.45) is 2.00. The lowest BCUT2D eigenvalue weighted by atomic mass is 10.1. The number of ether oxygens (including phenoxy) is 1. The molecule has 0 radical (unpaired) electrons. The first kappa shape index (κ1) is 14.3. The zero-order valence-electron chi connectivity index (χ0n) is 11.1. The van der Waals surface area contributed by atoms with E-state index >= 15 is 0 Å². The molecule has 0 spiro atoms. The highest BCUT2D eigenvalue weighted by molar-refractivity contribution is 9.10. The number of alkyl halides is 1. The number of halogens is 3. The molecule has 0 N–H and O–H groups in total. The van der Waals surface area contributed by atoms with Crippen LogP contribution in [0.2, 0.25) is 0 Å². The van der Waals surface area contributed by atoms with Gasteiger partial charge in [-0.05, 0) is 41.8 Å². The van der Waals surface area contributed by atoms with Crippen molar-refractivity contribution >= 4 is 38.6 Å². The third-order valence-electron chi connectivity index (χ3n) is 3.62. The van der Waals surface area contributed by atoms with Gasteiger partial charge in [0, 0.05) is 12.7 Å². The summed E-state index contributed by atoms with van der Waals surface area (Å²) in [4.78, 5) is 4.57. The molecule has 1 aliphatic rings. The fraction of sp³-hybridized carbons (Fsp3) is 0.500. The maximum absolute atomic E-state index is 13.9. The summed E-state index contributed by atoms with van der Waals surface area (Å²) in [5.74, 6) is 0.485. The molecule has 2 atom stereocenters. The predicted molar refractivity (Wildman–Crippen MR) is 80.7 cm³/mol. The third kappa shape index (κ3) is 2.47. The van der Waals surface area contributed by atoms with Gasteiger partial charge in [0.25, 0.3) is 0 Å². The molecule has 1 fully saturated rings. The molecule has 0 amide bonds. The van der Waals surface area contributed by atoms with Gasteiger partial charge in [0.05, 0.1) is 33.5 Å². The van der Waals surface area contributed by atoms with Crippen molar-refractivity contribution in [2.24, 2.45) is 0 Å². The molecule has 3 rings (SSSR count). The van der Waals surface area contributed by atoms with E-state index in [2.05, 4.69) is 20.9 Å². The second-order valence-corrected chi connectivity index (χ2v) is 6.59. The summed E-state index contributed by atoms with van der Waals surface area (Å²) in [5.41, 5.74) is 1.54. The number of rotatable bonds is 2. The van der Waals surface area contributed by atoms with Crippen LogP contribution in [0.25, 0.3) is 11.0 Å². The van der Waals surface area contributed by atoms with Crippen LogP contribution < -0.4 is 0 Å². The van der Waals surface area contributed by atoms with Crippen molar-refractivity contribution in [2.45, 2.75) is 31.2 Å². The molecular weight excluding hydrogens is 347 g/mol. The van der Waals surface area contributed by atoms with E-state index in [1.54, 1.807) is 6.07 Å². The third-order valence-corrected chi connectivity index (χ3v) is 4.42. The highest BCUT2D eigenvalue weighted by atomic mass is 79.9. The average Bonchev–Trinajstić information content (AvgIpc) is 2.79. The van der Waals surface area contributed by atoms with Gasteiger partial charge in [-0.25, -0.2) is 9.37 Å². The lowest BCUT2D eigenvalue weighted by Crippen LogP contribution is -2.23. The van der Waals surface area contributed by atoms with E-state index in [1.807, 2.05) is 11.5 Å². The Morgan fingerprint density at radius 2 is 2.35 bits per heavy atom. The first-order valence-electron chi connectivity index (χ1n) is 6.66. The van der Waals surface area contributed by atoms with E-state index in [-0.39, 0.29) is 17.2 Å². The molecule has 1 saturated heterocycles. The number of fused-ring (bicyclic) bond motifs is 1. The molecule has 0 saturated carbocycles. The van der Waals surface area contributed by atoms with Crippen molar-refractivity contribution in [3.05, 3.63) is 28.2 Å². The molecule has 1 aromatic carbocycles. The van der Waals surface area contributed by atoms with E-state index in [9.17, 15) is 4.39 Å². The Bertz CT molecular complexity index is 638. The molecular formula is C14H15BrClFN2O. The highest BCUT2D eigenvalue weighted by Crippen LogP contribution is 2.33. The van der Waals surface area contributed by atoms with E-state index in [0.717, 1.165) is 36.3 Å². The fourth-order valence-corrected chi connectivity index (χ4v) is 3.19. The average molecular weight is 362 g/mol. The number of hydrogen-bond donors (Lipinski definition) is 0. The molecule has 0 aliphatic carbocycles. The summed E-state index contributed by atoms with van der Waals surface area (Å²) in [5, 5.41) is -0.230. The van der Waals surface area contributed by atoms with Crippen molar-refractivity contribution in [3.63, 3.8) is 0 Å². The molecule has 2 unspecified atom stereocenters. The standard InChI is InChI=1S/C14H15BrClFN2O/c1-8(16)14-18-12-5-10(15)11(17)6-13(12)19(14)9-3-2-4-20-7-9/h5-6,8-9H,2-4,7H2,1H3. The molecule has 2 aromatic rings. The van der Waals surface area contributed by atoms with E-state index in [0.29, 0.717) is 11.1 Å². The molecule has 1 aromatic heterocycles. The number of imidazole rings is 1. The summed E-state index contributed by atoms with van der Waals surface area (Å²) < 4.78 is 21.9. The summed E-state index contributed by atoms with van der Waals surface area (Å²) in [6.45, 7) is 3.29. The number of benzene rings is 1. The van der Waals surface area contributed by atoms with Crippen molar-refractivity contribution in [1.82, 2.24) is 9.55 Å². The van der Waals surface area contributed by atoms with Crippen molar-refractivity contribution in [2.75, 3.05) is 13.2 Å². The fourth-order valence-electron chi connectivity index (χ4n) is 2.70. The summed E-state index contributed by atoms with van der Waals surface area (Å²) in [6, 6.07) is 3.39. The molecule has 0 bridgehead atoms. The van der Waals surface area contributed by atoms with Crippen LogP contribution in [-0.4, -0.2) is 22.8 Å². The topological polar surface area (TPSA) is 27.1 Å². The predicted octanol–water partition coefficient (Wildman–Crippen LogP) is 4.59. The number of aromatic nitrogens is 2. The molecule has 3 nitrogen and oxygen atoms in total. The van der Waals surface area contributed by atoms with Crippen LogP contribution in [0.4, 0.5) is 4.39 Å².